The fraction of sp³-hybridized carbons (Fsp3) is 0.294. The van der Waals surface area contributed by atoms with Crippen molar-refractivity contribution in [3.8, 4) is 17.2 Å². The molecule has 1 atom stereocenters. The third-order valence-electron chi connectivity index (χ3n) is 3.35. The van der Waals surface area contributed by atoms with Gasteiger partial charge >= 0.3 is 0 Å². The smallest absolute Gasteiger partial charge is 0.136 e. The minimum atomic E-state index is -0.206. The summed E-state index contributed by atoms with van der Waals surface area (Å²) in [7, 11) is 3.22. The Hall–Kier alpha value is -2.20. The molecule has 1 unspecified atom stereocenters. The van der Waals surface area contributed by atoms with Crippen molar-refractivity contribution in [2.24, 2.45) is 5.73 Å². The number of methoxy groups -OCH3 is 2. The molecule has 0 spiro atoms. The third-order valence-corrected chi connectivity index (χ3v) is 3.35. The molecule has 2 rings (SSSR count). The summed E-state index contributed by atoms with van der Waals surface area (Å²) in [6.45, 7) is 2.44. The average Bonchev–Trinajstić information content (AvgIpc) is 2.53. The molecule has 0 saturated carbocycles. The Kier molecular flexibility index (Phi) is 5.06. The Bertz CT molecular complexity index is 576. The summed E-state index contributed by atoms with van der Waals surface area (Å²) in [5, 5.41) is 0. The molecule has 21 heavy (non-hydrogen) atoms. The van der Waals surface area contributed by atoms with E-state index in [2.05, 4.69) is 0 Å². The molecule has 0 saturated heterocycles. The van der Waals surface area contributed by atoms with Gasteiger partial charge in [0.15, 0.2) is 0 Å². The molecule has 4 nitrogen and oxygen atoms in total. The molecule has 0 amide bonds. The summed E-state index contributed by atoms with van der Waals surface area (Å²) in [5.41, 5.74) is 8.12. The topological polar surface area (TPSA) is 53.7 Å². The standard InChI is InChI=1S/C17H21NO3/c1-12-6-4-5-7-16(12)17(11-18)21-15-9-13(19-2)8-14(10-15)20-3/h4-10,17H,11,18H2,1-3H3. The summed E-state index contributed by atoms with van der Waals surface area (Å²) >= 11 is 0. The molecule has 0 aliphatic heterocycles. The minimum Gasteiger partial charge on any atom is -0.496 e. The van der Waals surface area contributed by atoms with Gasteiger partial charge in [-0.15, -0.1) is 0 Å². The summed E-state index contributed by atoms with van der Waals surface area (Å²) < 4.78 is 16.5. The van der Waals surface area contributed by atoms with Crippen LogP contribution in [0.15, 0.2) is 42.5 Å². The van der Waals surface area contributed by atoms with E-state index in [4.69, 9.17) is 19.9 Å². The van der Waals surface area contributed by atoms with Gasteiger partial charge in [-0.05, 0) is 18.1 Å². The van der Waals surface area contributed by atoms with E-state index in [0.717, 1.165) is 11.1 Å². The number of ether oxygens (including phenoxy) is 3. The normalized spacial score (nSPS) is 11.8. The molecular formula is C17H21NO3. The summed E-state index contributed by atoms with van der Waals surface area (Å²) in [6, 6.07) is 13.5. The first-order chi connectivity index (χ1) is 10.2. The second-order valence-corrected chi connectivity index (χ2v) is 4.75. The lowest BCUT2D eigenvalue weighted by atomic mass is 10.0. The Morgan fingerprint density at radius 1 is 0.952 bits per heavy atom. The summed E-state index contributed by atoms with van der Waals surface area (Å²) in [6.07, 6.45) is -0.206. The molecule has 0 aliphatic carbocycles. The van der Waals surface area contributed by atoms with E-state index in [9.17, 15) is 0 Å². The Morgan fingerprint density at radius 2 is 1.52 bits per heavy atom. The van der Waals surface area contributed by atoms with Crippen molar-refractivity contribution in [1.29, 1.82) is 0 Å². The van der Waals surface area contributed by atoms with Crippen molar-refractivity contribution in [1.82, 2.24) is 0 Å². The number of hydrogen-bond acceptors (Lipinski definition) is 4. The predicted molar refractivity (Wildman–Crippen MR) is 83.1 cm³/mol. The first kappa shape index (κ1) is 15.2. The fourth-order valence-electron chi connectivity index (χ4n) is 2.20. The molecule has 0 radical (unpaired) electrons. The van der Waals surface area contributed by atoms with Crippen molar-refractivity contribution in [2.45, 2.75) is 13.0 Å². The SMILES string of the molecule is COc1cc(OC)cc(OC(CN)c2ccccc2C)c1. The molecular weight excluding hydrogens is 266 g/mol. The lowest BCUT2D eigenvalue weighted by Gasteiger charge is -2.20. The van der Waals surface area contributed by atoms with Crippen molar-refractivity contribution in [3.63, 3.8) is 0 Å². The monoisotopic (exact) mass is 287 g/mol. The molecule has 112 valence electrons. The maximum absolute atomic E-state index is 6.03. The highest BCUT2D eigenvalue weighted by molar-refractivity contribution is 5.42. The van der Waals surface area contributed by atoms with Crippen LogP contribution in [0.25, 0.3) is 0 Å². The molecule has 4 heteroatoms. The van der Waals surface area contributed by atoms with Crippen molar-refractivity contribution >= 4 is 0 Å². The van der Waals surface area contributed by atoms with E-state index in [0.29, 0.717) is 23.8 Å². The largest absolute Gasteiger partial charge is 0.496 e. The van der Waals surface area contributed by atoms with Crippen LogP contribution in [-0.4, -0.2) is 20.8 Å². The minimum absolute atomic E-state index is 0.206. The quantitative estimate of drug-likeness (QED) is 0.887. The zero-order valence-electron chi connectivity index (χ0n) is 12.6. The molecule has 0 heterocycles. The van der Waals surface area contributed by atoms with Crippen LogP contribution in [0.2, 0.25) is 0 Å². The van der Waals surface area contributed by atoms with Crippen molar-refractivity contribution < 1.29 is 14.2 Å². The van der Waals surface area contributed by atoms with E-state index < -0.39 is 0 Å². The highest BCUT2D eigenvalue weighted by Gasteiger charge is 2.14. The van der Waals surface area contributed by atoms with E-state index in [1.165, 1.54) is 0 Å². The molecule has 0 aliphatic rings. The average molecular weight is 287 g/mol. The van der Waals surface area contributed by atoms with E-state index in [1.807, 2.05) is 43.3 Å². The molecule has 0 bridgehead atoms. The van der Waals surface area contributed by atoms with Crippen LogP contribution in [0.3, 0.4) is 0 Å². The van der Waals surface area contributed by atoms with E-state index in [1.54, 1.807) is 20.3 Å². The highest BCUT2D eigenvalue weighted by atomic mass is 16.5. The van der Waals surface area contributed by atoms with E-state index >= 15 is 0 Å². The van der Waals surface area contributed by atoms with Crippen LogP contribution >= 0.6 is 0 Å². The molecule has 0 fully saturated rings. The first-order valence-electron chi connectivity index (χ1n) is 6.83. The second-order valence-electron chi connectivity index (χ2n) is 4.75. The van der Waals surface area contributed by atoms with Crippen LogP contribution in [0.1, 0.15) is 17.2 Å². The van der Waals surface area contributed by atoms with Crippen LogP contribution in [0.5, 0.6) is 17.2 Å². The number of hydrogen-bond donors (Lipinski definition) is 1. The molecule has 2 aromatic carbocycles. The molecule has 0 aromatic heterocycles. The van der Waals surface area contributed by atoms with Gasteiger partial charge in [-0.25, -0.2) is 0 Å². The van der Waals surface area contributed by atoms with Gasteiger partial charge in [-0.3, -0.25) is 0 Å². The number of benzene rings is 2. The van der Waals surface area contributed by atoms with Crippen molar-refractivity contribution in [3.05, 3.63) is 53.6 Å². The van der Waals surface area contributed by atoms with Gasteiger partial charge < -0.3 is 19.9 Å². The van der Waals surface area contributed by atoms with Gasteiger partial charge in [0.1, 0.15) is 23.4 Å². The first-order valence-corrected chi connectivity index (χ1v) is 6.83. The van der Waals surface area contributed by atoms with Gasteiger partial charge in [0.05, 0.1) is 14.2 Å². The van der Waals surface area contributed by atoms with Gasteiger partial charge in [0, 0.05) is 24.7 Å². The van der Waals surface area contributed by atoms with Gasteiger partial charge in [-0.1, -0.05) is 24.3 Å². The second kappa shape index (κ2) is 6.99. The van der Waals surface area contributed by atoms with Crippen molar-refractivity contribution in [2.75, 3.05) is 20.8 Å². The molecule has 2 N–H and O–H groups in total. The van der Waals surface area contributed by atoms with Crippen LogP contribution in [-0.2, 0) is 0 Å². The molecule has 2 aromatic rings. The Balaban J connectivity index is 2.28. The maximum atomic E-state index is 6.03. The van der Waals surface area contributed by atoms with Crippen LogP contribution < -0.4 is 19.9 Å². The number of nitrogens with two attached hydrogens (primary N) is 1. The zero-order chi connectivity index (χ0) is 15.2. The zero-order valence-corrected chi connectivity index (χ0v) is 12.6. The Morgan fingerprint density at radius 3 is 2.05 bits per heavy atom. The number of rotatable bonds is 6. The fourth-order valence-corrected chi connectivity index (χ4v) is 2.20. The van der Waals surface area contributed by atoms with Gasteiger partial charge in [-0.2, -0.15) is 0 Å². The van der Waals surface area contributed by atoms with Gasteiger partial charge in [0.25, 0.3) is 0 Å². The van der Waals surface area contributed by atoms with Crippen LogP contribution in [0.4, 0.5) is 0 Å². The Labute approximate surface area is 125 Å². The maximum Gasteiger partial charge on any atom is 0.136 e. The van der Waals surface area contributed by atoms with Gasteiger partial charge in [0.2, 0.25) is 0 Å². The predicted octanol–water partition coefficient (Wildman–Crippen LogP) is 3.09. The lowest BCUT2D eigenvalue weighted by Crippen LogP contribution is -2.19. The summed E-state index contributed by atoms with van der Waals surface area (Å²) in [5.74, 6) is 2.04. The lowest BCUT2D eigenvalue weighted by molar-refractivity contribution is 0.211. The van der Waals surface area contributed by atoms with Crippen LogP contribution in [0, 0.1) is 6.92 Å². The highest BCUT2D eigenvalue weighted by Crippen LogP contribution is 2.31. The third kappa shape index (κ3) is 3.67. The summed E-state index contributed by atoms with van der Waals surface area (Å²) in [4.78, 5) is 0. The number of aryl methyl sites for hydroxylation is 1. The van der Waals surface area contributed by atoms with E-state index in [-0.39, 0.29) is 6.10 Å².